The first-order valence-corrected chi connectivity index (χ1v) is 6.23. The van der Waals surface area contributed by atoms with Gasteiger partial charge >= 0.3 is 0 Å². The highest BCUT2D eigenvalue weighted by Gasteiger charge is 2.27. The Labute approximate surface area is 92.7 Å². The first kappa shape index (κ1) is 10.9. The Kier molecular flexibility index (Phi) is 3.99. The molecule has 3 heteroatoms. The molecule has 0 spiro atoms. The van der Waals surface area contributed by atoms with Crippen LogP contribution in [-0.4, -0.2) is 48.6 Å². The normalized spacial score (nSPS) is 29.1. The van der Waals surface area contributed by atoms with E-state index in [-0.39, 0.29) is 0 Å². The van der Waals surface area contributed by atoms with Crippen LogP contribution in [0.2, 0.25) is 0 Å². The molecule has 2 fully saturated rings. The molecule has 1 unspecified atom stereocenters. The smallest absolute Gasteiger partial charge is 0.0635 e. The maximum Gasteiger partial charge on any atom is 0.0635 e. The second-order valence-corrected chi connectivity index (χ2v) is 4.75. The molecule has 2 aliphatic rings. The van der Waals surface area contributed by atoms with Gasteiger partial charge in [-0.1, -0.05) is 6.42 Å². The first-order chi connectivity index (χ1) is 7.40. The van der Waals surface area contributed by atoms with E-state index in [2.05, 4.69) is 15.9 Å². The predicted octanol–water partition coefficient (Wildman–Crippen LogP) is 1.46. The Bertz CT molecular complexity index is 228. The first-order valence-electron chi connectivity index (χ1n) is 6.23. The maximum atomic E-state index is 8.55. The fourth-order valence-corrected chi connectivity index (χ4v) is 2.80. The molecule has 2 heterocycles. The lowest BCUT2D eigenvalue weighted by Crippen LogP contribution is -2.40. The van der Waals surface area contributed by atoms with E-state index in [0.717, 1.165) is 12.6 Å². The predicted molar refractivity (Wildman–Crippen MR) is 60.5 cm³/mol. The van der Waals surface area contributed by atoms with Gasteiger partial charge in [0.2, 0.25) is 0 Å². The van der Waals surface area contributed by atoms with Gasteiger partial charge in [-0.25, -0.2) is 0 Å². The average molecular weight is 207 g/mol. The van der Waals surface area contributed by atoms with Crippen molar-refractivity contribution in [1.29, 1.82) is 5.26 Å². The Morgan fingerprint density at radius 1 is 1.13 bits per heavy atom. The van der Waals surface area contributed by atoms with Gasteiger partial charge in [-0.2, -0.15) is 5.26 Å². The minimum atomic E-state index is 0.687. The molecule has 15 heavy (non-hydrogen) atoms. The molecule has 1 atom stereocenters. The molecule has 0 amide bonds. The van der Waals surface area contributed by atoms with Crippen LogP contribution in [-0.2, 0) is 0 Å². The third kappa shape index (κ3) is 2.93. The molecule has 0 saturated carbocycles. The van der Waals surface area contributed by atoms with Gasteiger partial charge in [-0.05, 0) is 38.9 Å². The maximum absolute atomic E-state index is 8.55. The van der Waals surface area contributed by atoms with E-state index in [1.165, 1.54) is 51.9 Å². The van der Waals surface area contributed by atoms with E-state index in [1.807, 2.05) is 0 Å². The highest BCUT2D eigenvalue weighted by Crippen LogP contribution is 2.19. The van der Waals surface area contributed by atoms with Crippen molar-refractivity contribution in [1.82, 2.24) is 9.80 Å². The van der Waals surface area contributed by atoms with Crippen molar-refractivity contribution in [2.24, 2.45) is 0 Å². The van der Waals surface area contributed by atoms with Gasteiger partial charge < -0.3 is 4.90 Å². The third-order valence-electron chi connectivity index (χ3n) is 3.69. The summed E-state index contributed by atoms with van der Waals surface area (Å²) < 4.78 is 0. The van der Waals surface area contributed by atoms with Crippen LogP contribution in [0.5, 0.6) is 0 Å². The van der Waals surface area contributed by atoms with Gasteiger partial charge in [0.1, 0.15) is 0 Å². The van der Waals surface area contributed by atoms with Crippen LogP contribution in [0.25, 0.3) is 0 Å². The summed E-state index contributed by atoms with van der Waals surface area (Å²) in [7, 11) is 0. The minimum absolute atomic E-state index is 0.687. The second kappa shape index (κ2) is 5.48. The SMILES string of the molecule is N#CCCN1CCC(N2CCCCC2)C1. The van der Waals surface area contributed by atoms with E-state index in [0.29, 0.717) is 6.42 Å². The zero-order valence-electron chi connectivity index (χ0n) is 9.49. The van der Waals surface area contributed by atoms with Crippen molar-refractivity contribution in [2.45, 2.75) is 38.1 Å². The van der Waals surface area contributed by atoms with Gasteiger partial charge in [0.25, 0.3) is 0 Å². The summed E-state index contributed by atoms with van der Waals surface area (Å²) >= 11 is 0. The Morgan fingerprint density at radius 3 is 2.67 bits per heavy atom. The van der Waals surface area contributed by atoms with Gasteiger partial charge in [0, 0.05) is 25.6 Å². The molecular weight excluding hydrogens is 186 g/mol. The van der Waals surface area contributed by atoms with Crippen LogP contribution in [0.3, 0.4) is 0 Å². The van der Waals surface area contributed by atoms with Crippen LogP contribution in [0.15, 0.2) is 0 Å². The summed E-state index contributed by atoms with van der Waals surface area (Å²) in [5, 5.41) is 8.55. The molecule has 2 rings (SSSR count). The van der Waals surface area contributed by atoms with Crippen LogP contribution < -0.4 is 0 Å². The van der Waals surface area contributed by atoms with Crippen molar-refractivity contribution in [2.75, 3.05) is 32.7 Å². The quantitative estimate of drug-likeness (QED) is 0.702. The molecule has 0 radical (unpaired) electrons. The number of nitriles is 1. The van der Waals surface area contributed by atoms with E-state index < -0.39 is 0 Å². The molecule has 0 aromatic heterocycles. The lowest BCUT2D eigenvalue weighted by atomic mass is 10.1. The fourth-order valence-electron chi connectivity index (χ4n) is 2.80. The van der Waals surface area contributed by atoms with E-state index in [9.17, 15) is 0 Å². The summed E-state index contributed by atoms with van der Waals surface area (Å²) in [5.41, 5.74) is 0. The van der Waals surface area contributed by atoms with Crippen molar-refractivity contribution >= 4 is 0 Å². The Hall–Kier alpha value is -0.590. The highest BCUT2D eigenvalue weighted by atomic mass is 15.3. The van der Waals surface area contributed by atoms with Crippen molar-refractivity contribution in [3.63, 3.8) is 0 Å². The summed E-state index contributed by atoms with van der Waals surface area (Å²) in [6.45, 7) is 5.97. The van der Waals surface area contributed by atoms with Crippen LogP contribution >= 0.6 is 0 Å². The average Bonchev–Trinajstić information content (AvgIpc) is 2.76. The molecule has 2 saturated heterocycles. The molecule has 2 aliphatic heterocycles. The summed E-state index contributed by atoms with van der Waals surface area (Å²) in [5.74, 6) is 0. The van der Waals surface area contributed by atoms with Crippen molar-refractivity contribution in [3.8, 4) is 6.07 Å². The Balaban J connectivity index is 1.74. The van der Waals surface area contributed by atoms with Gasteiger partial charge in [0.05, 0.1) is 6.07 Å². The monoisotopic (exact) mass is 207 g/mol. The van der Waals surface area contributed by atoms with Gasteiger partial charge in [-0.3, -0.25) is 4.90 Å². The molecule has 0 aromatic carbocycles. The molecular formula is C12H21N3. The third-order valence-corrected chi connectivity index (χ3v) is 3.69. The van der Waals surface area contributed by atoms with Crippen LogP contribution in [0.1, 0.15) is 32.1 Å². The van der Waals surface area contributed by atoms with Crippen LogP contribution in [0, 0.1) is 11.3 Å². The van der Waals surface area contributed by atoms with Gasteiger partial charge in [-0.15, -0.1) is 0 Å². The van der Waals surface area contributed by atoms with Gasteiger partial charge in [0.15, 0.2) is 0 Å². The van der Waals surface area contributed by atoms with Crippen molar-refractivity contribution in [3.05, 3.63) is 0 Å². The number of hydrogen-bond acceptors (Lipinski definition) is 3. The molecule has 0 N–H and O–H groups in total. The largest absolute Gasteiger partial charge is 0.301 e. The number of piperidine rings is 1. The zero-order valence-corrected chi connectivity index (χ0v) is 9.49. The lowest BCUT2D eigenvalue weighted by molar-refractivity contribution is 0.162. The summed E-state index contributed by atoms with van der Waals surface area (Å²) in [4.78, 5) is 5.11. The number of nitrogens with zero attached hydrogens (tertiary/aromatic N) is 3. The van der Waals surface area contributed by atoms with Crippen LogP contribution in [0.4, 0.5) is 0 Å². The minimum Gasteiger partial charge on any atom is -0.301 e. The number of rotatable bonds is 3. The highest BCUT2D eigenvalue weighted by molar-refractivity contribution is 4.86. The summed E-state index contributed by atoms with van der Waals surface area (Å²) in [6, 6.07) is 3.02. The fraction of sp³-hybridized carbons (Fsp3) is 0.917. The lowest BCUT2D eigenvalue weighted by Gasteiger charge is -2.32. The molecule has 3 nitrogen and oxygen atoms in total. The van der Waals surface area contributed by atoms with E-state index in [4.69, 9.17) is 5.26 Å². The molecule has 0 bridgehead atoms. The zero-order chi connectivity index (χ0) is 10.5. The number of hydrogen-bond donors (Lipinski definition) is 0. The Morgan fingerprint density at radius 2 is 1.93 bits per heavy atom. The second-order valence-electron chi connectivity index (χ2n) is 4.75. The van der Waals surface area contributed by atoms with E-state index >= 15 is 0 Å². The van der Waals surface area contributed by atoms with Crippen molar-refractivity contribution < 1.29 is 0 Å². The van der Waals surface area contributed by atoms with E-state index in [1.54, 1.807) is 0 Å². The molecule has 84 valence electrons. The summed E-state index contributed by atoms with van der Waals surface area (Å²) in [6.07, 6.45) is 6.18. The topological polar surface area (TPSA) is 30.3 Å². The standard InChI is InChI=1S/C12H21N3/c13-6-4-7-14-10-5-12(11-14)15-8-2-1-3-9-15/h12H,1-5,7-11H2. The molecule has 0 aromatic rings. The number of likely N-dealkylation sites (tertiary alicyclic amines) is 2. The molecule has 0 aliphatic carbocycles.